The highest BCUT2D eigenvalue weighted by atomic mass is 32.2. The number of carbonyl (C=O) groups is 1. The van der Waals surface area contributed by atoms with Gasteiger partial charge in [-0.1, -0.05) is 5.16 Å². The van der Waals surface area contributed by atoms with Gasteiger partial charge in [-0.2, -0.15) is 10.1 Å². The molecule has 1 saturated carbocycles. The van der Waals surface area contributed by atoms with Crippen molar-refractivity contribution in [3.8, 4) is 0 Å². The summed E-state index contributed by atoms with van der Waals surface area (Å²) in [6, 6.07) is 1.93. The molecule has 4 rings (SSSR count). The number of aryl methyl sites for hydroxylation is 4. The zero-order chi connectivity index (χ0) is 21.7. The minimum absolute atomic E-state index is 0.0217. The van der Waals surface area contributed by atoms with Gasteiger partial charge in [0.15, 0.2) is 5.82 Å². The molecule has 10 nitrogen and oxygen atoms in total. The van der Waals surface area contributed by atoms with Gasteiger partial charge >= 0.3 is 0 Å². The van der Waals surface area contributed by atoms with Crippen LogP contribution in [-0.4, -0.2) is 63.9 Å². The first-order chi connectivity index (χ1) is 14.1. The number of hydrogen-bond acceptors (Lipinski definition) is 7. The van der Waals surface area contributed by atoms with Crippen LogP contribution >= 0.6 is 0 Å². The number of fused-ring (bicyclic) bond motifs is 1. The van der Waals surface area contributed by atoms with E-state index in [4.69, 9.17) is 4.52 Å². The third-order valence-corrected chi connectivity index (χ3v) is 7.50. The largest absolute Gasteiger partial charge is 0.353 e. The molecule has 164 valence electrons. The second-order valence-corrected chi connectivity index (χ2v) is 10.6. The summed E-state index contributed by atoms with van der Waals surface area (Å²) in [6.45, 7) is 6.88. The van der Waals surface area contributed by atoms with Crippen LogP contribution < -0.4 is 5.32 Å². The Morgan fingerprint density at radius 3 is 2.73 bits per heavy atom. The molecule has 1 aliphatic carbocycles. The van der Waals surface area contributed by atoms with E-state index in [1.165, 1.54) is 10.6 Å². The Kier molecular flexibility index (Phi) is 5.21. The van der Waals surface area contributed by atoms with Crippen LogP contribution in [0.1, 0.15) is 42.4 Å². The van der Waals surface area contributed by atoms with Crippen molar-refractivity contribution in [1.29, 1.82) is 0 Å². The van der Waals surface area contributed by atoms with Crippen LogP contribution in [0.2, 0.25) is 0 Å². The van der Waals surface area contributed by atoms with Crippen LogP contribution in [0.5, 0.6) is 0 Å². The van der Waals surface area contributed by atoms with Gasteiger partial charge < -0.3 is 9.84 Å². The van der Waals surface area contributed by atoms with Crippen molar-refractivity contribution in [3.05, 3.63) is 29.2 Å². The average molecular weight is 437 g/mol. The molecular weight excluding hydrogens is 408 g/mol. The predicted molar refractivity (Wildman–Crippen MR) is 108 cm³/mol. The van der Waals surface area contributed by atoms with Crippen molar-refractivity contribution in [2.24, 2.45) is 5.92 Å². The Morgan fingerprint density at radius 2 is 2.13 bits per heavy atom. The summed E-state index contributed by atoms with van der Waals surface area (Å²) in [5, 5.41) is 11.4. The van der Waals surface area contributed by atoms with Gasteiger partial charge in [0.05, 0.1) is 17.4 Å². The first-order valence-corrected chi connectivity index (χ1v) is 12.0. The second-order valence-electron chi connectivity index (χ2n) is 8.66. The van der Waals surface area contributed by atoms with E-state index in [2.05, 4.69) is 20.6 Å². The summed E-state index contributed by atoms with van der Waals surface area (Å²) in [5.41, 5.74) is 1.41. The van der Waals surface area contributed by atoms with Crippen molar-refractivity contribution in [2.45, 2.75) is 58.0 Å². The van der Waals surface area contributed by atoms with E-state index in [0.29, 0.717) is 50.6 Å². The van der Waals surface area contributed by atoms with E-state index in [0.717, 1.165) is 11.4 Å². The normalized spacial score (nSPS) is 26.8. The number of carbonyl (C=O) groups excluding carboxylic acids is 1. The molecule has 2 aromatic heterocycles. The zero-order valence-corrected chi connectivity index (χ0v) is 18.6. The molecule has 0 bridgehead atoms. The van der Waals surface area contributed by atoms with Crippen LogP contribution in [-0.2, 0) is 26.8 Å². The molecule has 0 radical (unpaired) electrons. The summed E-state index contributed by atoms with van der Waals surface area (Å²) in [4.78, 5) is 17.0. The maximum atomic E-state index is 12.6. The SMILES string of the molecule is Cc1cc(C)n(CCC(=O)NC2CC3CN(S(C)(=O)=O)CC3(c3nc(C)no3)C2)n1. The number of amides is 1. The maximum absolute atomic E-state index is 12.6. The van der Waals surface area contributed by atoms with E-state index < -0.39 is 15.4 Å². The Bertz CT molecular complexity index is 1060. The highest BCUT2D eigenvalue weighted by Gasteiger charge is 2.58. The number of aromatic nitrogens is 4. The highest BCUT2D eigenvalue weighted by Crippen LogP contribution is 2.50. The number of rotatable bonds is 6. The molecule has 1 N–H and O–H groups in total. The van der Waals surface area contributed by atoms with Crippen LogP contribution in [0.25, 0.3) is 0 Å². The molecule has 1 amide bonds. The number of nitrogens with one attached hydrogen (secondary N) is 1. The van der Waals surface area contributed by atoms with Gasteiger partial charge in [0.25, 0.3) is 0 Å². The molecule has 11 heteroatoms. The van der Waals surface area contributed by atoms with E-state index >= 15 is 0 Å². The zero-order valence-electron chi connectivity index (χ0n) is 17.8. The van der Waals surface area contributed by atoms with Gasteiger partial charge in [0.1, 0.15) is 0 Å². The molecule has 3 atom stereocenters. The summed E-state index contributed by atoms with van der Waals surface area (Å²) in [6.07, 6.45) is 2.82. The van der Waals surface area contributed by atoms with Crippen molar-refractivity contribution < 1.29 is 17.7 Å². The van der Waals surface area contributed by atoms with Gasteiger partial charge in [-0.15, -0.1) is 0 Å². The minimum atomic E-state index is -3.32. The van der Waals surface area contributed by atoms with E-state index in [9.17, 15) is 13.2 Å². The fraction of sp³-hybridized carbons (Fsp3) is 0.684. The Balaban J connectivity index is 1.45. The molecule has 1 aliphatic heterocycles. The molecule has 1 saturated heterocycles. The number of nitrogens with zero attached hydrogens (tertiary/aromatic N) is 5. The molecule has 2 fully saturated rings. The molecule has 0 aromatic carbocycles. The van der Waals surface area contributed by atoms with Crippen LogP contribution in [0.4, 0.5) is 0 Å². The molecule has 2 aromatic rings. The second kappa shape index (κ2) is 7.45. The molecule has 3 heterocycles. The molecule has 3 unspecified atom stereocenters. The van der Waals surface area contributed by atoms with Gasteiger partial charge in [-0.3, -0.25) is 9.48 Å². The van der Waals surface area contributed by atoms with Crippen molar-refractivity contribution in [2.75, 3.05) is 19.3 Å². The Labute approximate surface area is 176 Å². The molecular formula is C19H28N6O4S. The lowest BCUT2D eigenvalue weighted by atomic mass is 9.80. The van der Waals surface area contributed by atoms with Gasteiger partial charge in [0.2, 0.25) is 21.8 Å². The predicted octanol–water partition coefficient (Wildman–Crippen LogP) is 0.689. The van der Waals surface area contributed by atoms with Crippen molar-refractivity contribution >= 4 is 15.9 Å². The highest BCUT2D eigenvalue weighted by molar-refractivity contribution is 7.88. The quantitative estimate of drug-likeness (QED) is 0.707. The Hall–Kier alpha value is -2.27. The minimum Gasteiger partial charge on any atom is -0.353 e. The fourth-order valence-electron chi connectivity index (χ4n) is 4.93. The molecule has 2 aliphatic rings. The average Bonchev–Trinajstić information content (AvgIpc) is 3.35. The summed E-state index contributed by atoms with van der Waals surface area (Å²) in [5.74, 6) is 0.974. The lowest BCUT2D eigenvalue weighted by molar-refractivity contribution is -0.122. The van der Waals surface area contributed by atoms with E-state index in [-0.39, 0.29) is 17.9 Å². The fourth-order valence-corrected chi connectivity index (χ4v) is 5.84. The third-order valence-electron chi connectivity index (χ3n) is 6.29. The summed E-state index contributed by atoms with van der Waals surface area (Å²) < 4.78 is 33.1. The van der Waals surface area contributed by atoms with E-state index in [1.807, 2.05) is 24.6 Å². The molecule has 30 heavy (non-hydrogen) atoms. The first-order valence-electron chi connectivity index (χ1n) is 10.1. The lowest BCUT2D eigenvalue weighted by Crippen LogP contribution is -2.39. The first kappa shape index (κ1) is 21.0. The maximum Gasteiger partial charge on any atom is 0.234 e. The summed E-state index contributed by atoms with van der Waals surface area (Å²) in [7, 11) is -3.32. The van der Waals surface area contributed by atoms with Gasteiger partial charge in [-0.25, -0.2) is 12.7 Å². The van der Waals surface area contributed by atoms with Gasteiger partial charge in [-0.05, 0) is 45.6 Å². The third kappa shape index (κ3) is 3.87. The lowest BCUT2D eigenvalue weighted by Gasteiger charge is -2.24. The summed E-state index contributed by atoms with van der Waals surface area (Å²) >= 11 is 0. The van der Waals surface area contributed by atoms with Crippen LogP contribution in [0.3, 0.4) is 0 Å². The van der Waals surface area contributed by atoms with Crippen molar-refractivity contribution in [3.63, 3.8) is 0 Å². The standard InChI is InChI=1S/C19H28N6O4S/c1-12-7-13(2)25(22-12)6-5-17(26)21-16-8-15-10-24(30(4,27)28)11-19(15,9-16)18-20-14(3)23-29-18/h7,15-16H,5-6,8-11H2,1-4H3,(H,21,26). The Morgan fingerprint density at radius 1 is 1.37 bits per heavy atom. The smallest absolute Gasteiger partial charge is 0.234 e. The van der Waals surface area contributed by atoms with Crippen LogP contribution in [0, 0.1) is 26.7 Å². The molecule has 0 spiro atoms. The van der Waals surface area contributed by atoms with E-state index in [1.54, 1.807) is 6.92 Å². The number of sulfonamides is 1. The van der Waals surface area contributed by atoms with Gasteiger partial charge in [0, 0.05) is 37.8 Å². The van der Waals surface area contributed by atoms with Crippen molar-refractivity contribution in [1.82, 2.24) is 29.5 Å². The van der Waals surface area contributed by atoms with Crippen LogP contribution in [0.15, 0.2) is 10.6 Å². The topological polar surface area (TPSA) is 123 Å². The number of hydrogen-bond donors (Lipinski definition) is 1. The monoisotopic (exact) mass is 436 g/mol.